The molecule has 11 heteroatoms. The van der Waals surface area contributed by atoms with Crippen molar-refractivity contribution in [2.45, 2.75) is 39.3 Å². The van der Waals surface area contributed by atoms with Gasteiger partial charge in [-0.25, -0.2) is 9.59 Å². The normalized spacial score (nSPS) is 16.8. The number of aromatic nitrogens is 3. The van der Waals surface area contributed by atoms with E-state index in [1.54, 1.807) is 32.0 Å². The van der Waals surface area contributed by atoms with E-state index in [0.717, 1.165) is 11.5 Å². The number of nitrogens with zero attached hydrogens (tertiary/aromatic N) is 6. The zero-order chi connectivity index (χ0) is 20.5. The third-order valence-corrected chi connectivity index (χ3v) is 4.95. The summed E-state index contributed by atoms with van der Waals surface area (Å²) in [5.74, 6) is -1.03. The smallest absolute Gasteiger partial charge is 0.367 e. The Morgan fingerprint density at radius 2 is 2.14 bits per heavy atom. The molecule has 0 amide bonds. The summed E-state index contributed by atoms with van der Waals surface area (Å²) < 4.78 is 9.60. The molecule has 1 unspecified atom stereocenters. The predicted octanol–water partition coefficient (Wildman–Crippen LogP) is 3.58. The second kappa shape index (κ2) is 7.59. The molecular weight excluding hydrogens is 396 g/mol. The van der Waals surface area contributed by atoms with Gasteiger partial charge < -0.3 is 9.57 Å². The molecule has 2 aromatic heterocycles. The lowest BCUT2D eigenvalue weighted by atomic mass is 10.1. The summed E-state index contributed by atoms with van der Waals surface area (Å²) in [6, 6.07) is 4.33. The number of esters is 1. The van der Waals surface area contributed by atoms with Crippen LogP contribution in [0.5, 0.6) is 0 Å². The van der Waals surface area contributed by atoms with E-state index in [0.29, 0.717) is 44.6 Å². The number of rotatable bonds is 5. The first-order valence-electron chi connectivity index (χ1n) is 8.93. The Labute approximate surface area is 168 Å². The summed E-state index contributed by atoms with van der Waals surface area (Å²) in [6.07, 6.45) is 0.288. The molecule has 1 aliphatic rings. The van der Waals surface area contributed by atoms with Crippen LogP contribution in [0, 0.1) is 0 Å². The fourth-order valence-electron chi connectivity index (χ4n) is 2.76. The maximum absolute atomic E-state index is 12.3. The Hall–Kier alpha value is -3.34. The average molecular weight is 412 g/mol. The highest BCUT2D eigenvalue weighted by Gasteiger charge is 2.31. The van der Waals surface area contributed by atoms with Crippen LogP contribution in [0.2, 0.25) is 0 Å². The standard InChI is InChI=1S/C18H16N6O4S/c1-4-11-14(17(25)28-23-11)21-19-9-5-6-12-10(7-9)13-15(22-20-12)16(29-24-13)18(26)27-8(2)3/h5-8,14H,4H2,1-3H3/b21-19+. The molecule has 0 N–H and O–H groups in total. The monoisotopic (exact) mass is 412 g/mol. The van der Waals surface area contributed by atoms with Crippen molar-refractivity contribution in [2.24, 2.45) is 15.4 Å². The van der Waals surface area contributed by atoms with Gasteiger partial charge in [-0.05, 0) is 50.0 Å². The molecule has 3 heterocycles. The SMILES string of the molecule is CCC1=NOC(=O)C1/N=N/c1ccc2nnc3c(C(=O)OC(C)C)snc3c2c1. The van der Waals surface area contributed by atoms with E-state index in [1.807, 2.05) is 6.92 Å². The molecule has 10 nitrogen and oxygen atoms in total. The van der Waals surface area contributed by atoms with Crippen molar-refractivity contribution < 1.29 is 19.2 Å². The molecule has 1 aromatic carbocycles. The number of carbonyl (C=O) groups excluding carboxylic acids is 2. The first-order chi connectivity index (χ1) is 14.0. The van der Waals surface area contributed by atoms with E-state index >= 15 is 0 Å². The van der Waals surface area contributed by atoms with Crippen LogP contribution in [-0.4, -0.2) is 44.4 Å². The molecule has 3 aromatic rings. The highest BCUT2D eigenvalue weighted by atomic mass is 32.1. The van der Waals surface area contributed by atoms with Crippen molar-refractivity contribution in [3.05, 3.63) is 23.1 Å². The number of hydrogen-bond acceptors (Lipinski definition) is 11. The van der Waals surface area contributed by atoms with Crippen molar-refractivity contribution in [3.63, 3.8) is 0 Å². The van der Waals surface area contributed by atoms with Gasteiger partial charge >= 0.3 is 11.9 Å². The van der Waals surface area contributed by atoms with Gasteiger partial charge in [-0.3, -0.25) is 0 Å². The Bertz CT molecular complexity index is 1190. The predicted molar refractivity (Wildman–Crippen MR) is 105 cm³/mol. The van der Waals surface area contributed by atoms with Crippen LogP contribution < -0.4 is 0 Å². The Morgan fingerprint density at radius 1 is 1.31 bits per heavy atom. The zero-order valence-corrected chi connectivity index (χ0v) is 16.6. The van der Waals surface area contributed by atoms with E-state index in [-0.39, 0.29) is 6.10 Å². The minimum absolute atomic E-state index is 0.251. The molecule has 29 heavy (non-hydrogen) atoms. The lowest BCUT2D eigenvalue weighted by molar-refractivity contribution is -0.141. The number of hydrogen-bond donors (Lipinski definition) is 0. The highest BCUT2D eigenvalue weighted by molar-refractivity contribution is 7.09. The maximum atomic E-state index is 12.3. The molecule has 0 fully saturated rings. The quantitative estimate of drug-likeness (QED) is 0.356. The molecular formula is C18H16N6O4S. The van der Waals surface area contributed by atoms with Crippen molar-refractivity contribution in [3.8, 4) is 0 Å². The molecule has 0 aliphatic carbocycles. The van der Waals surface area contributed by atoms with E-state index in [2.05, 4.69) is 34.8 Å². The molecule has 0 radical (unpaired) electrons. The summed E-state index contributed by atoms with van der Waals surface area (Å²) in [6.45, 7) is 5.40. The topological polar surface area (TPSA) is 128 Å². The van der Waals surface area contributed by atoms with Gasteiger partial charge in [0.05, 0.1) is 23.0 Å². The van der Waals surface area contributed by atoms with Crippen LogP contribution in [-0.2, 0) is 14.4 Å². The van der Waals surface area contributed by atoms with Crippen LogP contribution in [0.25, 0.3) is 21.9 Å². The van der Waals surface area contributed by atoms with Crippen molar-refractivity contribution in [1.29, 1.82) is 0 Å². The largest absolute Gasteiger partial charge is 0.459 e. The second-order valence-electron chi connectivity index (χ2n) is 6.53. The minimum atomic E-state index is -0.831. The van der Waals surface area contributed by atoms with Crippen LogP contribution >= 0.6 is 11.5 Å². The van der Waals surface area contributed by atoms with Crippen LogP contribution in [0.3, 0.4) is 0 Å². The molecule has 148 valence electrons. The van der Waals surface area contributed by atoms with E-state index < -0.39 is 18.0 Å². The van der Waals surface area contributed by atoms with E-state index in [9.17, 15) is 9.59 Å². The van der Waals surface area contributed by atoms with Gasteiger partial charge in [0.25, 0.3) is 0 Å². The van der Waals surface area contributed by atoms with Crippen molar-refractivity contribution >= 4 is 56.8 Å². The average Bonchev–Trinajstić information content (AvgIpc) is 3.29. The third kappa shape index (κ3) is 3.56. The number of benzene rings is 1. The number of carbonyl (C=O) groups is 2. The lowest BCUT2D eigenvalue weighted by Gasteiger charge is -2.05. The first kappa shape index (κ1) is 19.0. The van der Waals surface area contributed by atoms with Gasteiger partial charge in [-0.15, -0.1) is 10.2 Å². The van der Waals surface area contributed by atoms with E-state index in [1.165, 1.54) is 0 Å². The number of azo groups is 1. The fraction of sp³-hybridized carbons (Fsp3) is 0.333. The molecule has 0 spiro atoms. The summed E-state index contributed by atoms with van der Waals surface area (Å²) in [5.41, 5.74) is 2.54. The molecule has 1 aliphatic heterocycles. The molecule has 0 bridgehead atoms. The second-order valence-corrected chi connectivity index (χ2v) is 7.30. The van der Waals surface area contributed by atoms with Gasteiger partial charge in [-0.1, -0.05) is 12.1 Å². The zero-order valence-electron chi connectivity index (χ0n) is 15.8. The Balaban J connectivity index is 1.71. The maximum Gasteiger partial charge on any atom is 0.367 e. The van der Waals surface area contributed by atoms with Gasteiger partial charge in [-0.2, -0.15) is 14.6 Å². The number of oxime groups is 1. The van der Waals surface area contributed by atoms with E-state index in [4.69, 9.17) is 4.74 Å². The highest BCUT2D eigenvalue weighted by Crippen LogP contribution is 2.30. The Kier molecular flexibility index (Phi) is 4.97. The number of ether oxygens (including phenoxy) is 1. The number of fused-ring (bicyclic) bond motifs is 3. The summed E-state index contributed by atoms with van der Waals surface area (Å²) >= 11 is 1.01. The van der Waals surface area contributed by atoms with Gasteiger partial charge in [0, 0.05) is 5.39 Å². The molecule has 4 rings (SSSR count). The summed E-state index contributed by atoms with van der Waals surface area (Å²) in [4.78, 5) is 29.0. The molecule has 1 atom stereocenters. The molecule has 0 saturated heterocycles. The first-order valence-corrected chi connectivity index (χ1v) is 9.70. The minimum Gasteiger partial charge on any atom is -0.459 e. The Morgan fingerprint density at radius 3 is 2.90 bits per heavy atom. The molecule has 0 saturated carbocycles. The fourth-order valence-corrected chi connectivity index (χ4v) is 3.47. The van der Waals surface area contributed by atoms with Crippen LogP contribution in [0.15, 0.2) is 33.6 Å². The van der Waals surface area contributed by atoms with Gasteiger partial charge in [0.1, 0.15) is 11.0 Å². The lowest BCUT2D eigenvalue weighted by Crippen LogP contribution is -2.21. The van der Waals surface area contributed by atoms with Crippen LogP contribution in [0.1, 0.15) is 36.9 Å². The van der Waals surface area contributed by atoms with Gasteiger partial charge in [0.15, 0.2) is 4.88 Å². The third-order valence-electron chi connectivity index (χ3n) is 4.13. The van der Waals surface area contributed by atoms with Crippen molar-refractivity contribution in [2.75, 3.05) is 0 Å². The summed E-state index contributed by atoms with van der Waals surface area (Å²) in [5, 5.41) is 20.9. The van der Waals surface area contributed by atoms with Crippen LogP contribution in [0.4, 0.5) is 5.69 Å². The van der Waals surface area contributed by atoms with Crippen molar-refractivity contribution in [1.82, 2.24) is 14.6 Å². The van der Waals surface area contributed by atoms with Gasteiger partial charge in [0.2, 0.25) is 6.04 Å². The summed E-state index contributed by atoms with van der Waals surface area (Å²) in [7, 11) is 0.